The summed E-state index contributed by atoms with van der Waals surface area (Å²) in [4.78, 5) is 12.0. The molecule has 1 aromatic carbocycles. The molecule has 0 saturated heterocycles. The van der Waals surface area contributed by atoms with Gasteiger partial charge in [0.05, 0.1) is 11.8 Å². The van der Waals surface area contributed by atoms with E-state index in [9.17, 15) is 14.3 Å². The number of aliphatic hydroxyl groups excluding tert-OH is 1. The van der Waals surface area contributed by atoms with Crippen LogP contribution in [0.25, 0.3) is 0 Å². The normalized spacial score (nSPS) is 13.6. The molecule has 0 spiro atoms. The number of aromatic nitrogens is 1. The highest BCUT2D eigenvalue weighted by molar-refractivity contribution is 5.77. The van der Waals surface area contributed by atoms with E-state index < -0.39 is 6.10 Å². The van der Waals surface area contributed by atoms with Crippen molar-refractivity contribution in [3.63, 3.8) is 0 Å². The smallest absolute Gasteiger partial charge is 0.220 e. The van der Waals surface area contributed by atoms with E-state index in [1.54, 1.807) is 0 Å². The van der Waals surface area contributed by atoms with Crippen molar-refractivity contribution in [1.82, 2.24) is 10.5 Å². The Morgan fingerprint density at radius 2 is 2.00 bits per heavy atom. The molecule has 5 nitrogen and oxygen atoms in total. The second kappa shape index (κ2) is 7.37. The van der Waals surface area contributed by atoms with Gasteiger partial charge in [-0.15, -0.1) is 0 Å². The lowest BCUT2D eigenvalue weighted by molar-refractivity contribution is -0.121. The first-order chi connectivity index (χ1) is 10.9. The lowest BCUT2D eigenvalue weighted by Gasteiger charge is -2.14. The number of carbonyl (C=O) groups excluding carboxylic acids is 1. The molecule has 6 heteroatoms. The summed E-state index contributed by atoms with van der Waals surface area (Å²) in [6, 6.07) is 5.55. The van der Waals surface area contributed by atoms with E-state index in [1.165, 1.54) is 24.3 Å². The van der Waals surface area contributed by atoms with Gasteiger partial charge in [0.1, 0.15) is 11.6 Å². The molecule has 0 radical (unpaired) electrons. The minimum atomic E-state index is -0.867. The highest BCUT2D eigenvalue weighted by Gasteiger charge is 2.19. The minimum absolute atomic E-state index is 0.0239. The summed E-state index contributed by atoms with van der Waals surface area (Å²) in [6.07, 6.45) is -0.590. The van der Waals surface area contributed by atoms with Crippen LogP contribution in [0.1, 0.15) is 47.9 Å². The van der Waals surface area contributed by atoms with Crippen LogP contribution in [0.3, 0.4) is 0 Å². The van der Waals surface area contributed by atoms with Crippen molar-refractivity contribution < 1.29 is 18.8 Å². The van der Waals surface area contributed by atoms with Gasteiger partial charge in [-0.05, 0) is 37.5 Å². The number of carbonyl (C=O) groups is 1. The lowest BCUT2D eigenvalue weighted by Crippen LogP contribution is -2.29. The average Bonchev–Trinajstić information content (AvgIpc) is 2.84. The quantitative estimate of drug-likeness (QED) is 0.858. The van der Waals surface area contributed by atoms with Crippen LogP contribution in [0.15, 0.2) is 28.8 Å². The summed E-state index contributed by atoms with van der Waals surface area (Å²) < 4.78 is 18.0. The van der Waals surface area contributed by atoms with Crippen LogP contribution in [0.4, 0.5) is 4.39 Å². The fraction of sp³-hybridized carbons (Fsp3) is 0.412. The Morgan fingerprint density at radius 1 is 1.35 bits per heavy atom. The predicted molar refractivity (Wildman–Crippen MR) is 83.4 cm³/mol. The Morgan fingerprint density at radius 3 is 2.57 bits per heavy atom. The minimum Gasteiger partial charge on any atom is -0.387 e. The molecule has 2 rings (SSSR count). The van der Waals surface area contributed by atoms with Gasteiger partial charge < -0.3 is 14.9 Å². The topological polar surface area (TPSA) is 75.4 Å². The van der Waals surface area contributed by atoms with E-state index in [-0.39, 0.29) is 30.6 Å². The van der Waals surface area contributed by atoms with Gasteiger partial charge in [-0.3, -0.25) is 4.79 Å². The van der Waals surface area contributed by atoms with Gasteiger partial charge >= 0.3 is 0 Å². The third kappa shape index (κ3) is 4.39. The molecule has 2 N–H and O–H groups in total. The Kier molecular flexibility index (Phi) is 5.50. The Balaban J connectivity index is 1.86. The number of nitrogens with zero attached hydrogens (tertiary/aromatic N) is 1. The molecule has 1 heterocycles. The van der Waals surface area contributed by atoms with Crippen LogP contribution in [0.2, 0.25) is 0 Å². The Labute approximate surface area is 134 Å². The van der Waals surface area contributed by atoms with Crippen LogP contribution in [-0.2, 0) is 4.79 Å². The summed E-state index contributed by atoms with van der Waals surface area (Å²) in [5.74, 6) is 0.162. The fourth-order valence-corrected chi connectivity index (χ4v) is 2.66. The summed E-state index contributed by atoms with van der Waals surface area (Å²) in [6.45, 7) is 5.68. The SMILES string of the molecule is Cc1noc(C)c1C(C)CC(=O)NCC(O)c1ccc(F)cc1. The number of nitrogens with one attached hydrogen (secondary N) is 1. The first-order valence-electron chi connectivity index (χ1n) is 7.51. The van der Waals surface area contributed by atoms with Crippen molar-refractivity contribution in [3.05, 3.63) is 52.7 Å². The van der Waals surface area contributed by atoms with E-state index in [4.69, 9.17) is 4.52 Å². The summed E-state index contributed by atoms with van der Waals surface area (Å²) in [7, 11) is 0. The molecular weight excluding hydrogens is 299 g/mol. The zero-order valence-corrected chi connectivity index (χ0v) is 13.5. The predicted octanol–water partition coefficient (Wildman–Crippen LogP) is 2.77. The molecule has 0 aliphatic rings. The lowest BCUT2D eigenvalue weighted by atomic mass is 9.96. The van der Waals surface area contributed by atoms with Crippen molar-refractivity contribution in [1.29, 1.82) is 0 Å². The molecule has 0 aliphatic heterocycles. The number of hydrogen-bond acceptors (Lipinski definition) is 4. The monoisotopic (exact) mass is 320 g/mol. The molecule has 23 heavy (non-hydrogen) atoms. The number of aliphatic hydroxyl groups is 1. The van der Waals surface area contributed by atoms with E-state index in [0.29, 0.717) is 11.3 Å². The summed E-state index contributed by atoms with van der Waals surface area (Å²) in [5.41, 5.74) is 2.29. The molecule has 2 aromatic rings. The van der Waals surface area contributed by atoms with Gasteiger partial charge in [0.15, 0.2) is 0 Å². The van der Waals surface area contributed by atoms with Crippen molar-refractivity contribution in [3.8, 4) is 0 Å². The highest BCUT2D eigenvalue weighted by Crippen LogP contribution is 2.25. The molecule has 0 aliphatic carbocycles. The van der Waals surface area contributed by atoms with Gasteiger partial charge in [-0.25, -0.2) is 4.39 Å². The standard InChI is InChI=1S/C17H21FN2O3/c1-10(17-11(2)20-23-12(17)3)8-16(22)19-9-15(21)13-4-6-14(18)7-5-13/h4-7,10,15,21H,8-9H2,1-3H3,(H,19,22). The first kappa shape index (κ1) is 17.1. The number of amides is 1. The van der Waals surface area contributed by atoms with Crippen molar-refractivity contribution in [2.75, 3.05) is 6.54 Å². The third-order valence-electron chi connectivity index (χ3n) is 3.82. The second-order valence-electron chi connectivity index (χ2n) is 5.71. The van der Waals surface area contributed by atoms with E-state index in [0.717, 1.165) is 11.3 Å². The maximum atomic E-state index is 12.8. The molecule has 2 unspecified atom stereocenters. The van der Waals surface area contributed by atoms with Gasteiger partial charge in [0, 0.05) is 18.5 Å². The fourth-order valence-electron chi connectivity index (χ4n) is 2.66. The van der Waals surface area contributed by atoms with Crippen LogP contribution >= 0.6 is 0 Å². The van der Waals surface area contributed by atoms with E-state index in [1.807, 2.05) is 20.8 Å². The number of benzene rings is 1. The van der Waals surface area contributed by atoms with Crippen molar-refractivity contribution >= 4 is 5.91 Å². The molecule has 0 fully saturated rings. The summed E-state index contributed by atoms with van der Waals surface area (Å²) in [5, 5.41) is 16.6. The zero-order chi connectivity index (χ0) is 17.0. The number of hydrogen-bond donors (Lipinski definition) is 2. The van der Waals surface area contributed by atoms with E-state index in [2.05, 4.69) is 10.5 Å². The number of aryl methyl sites for hydroxylation is 2. The Bertz CT molecular complexity index is 647. The zero-order valence-electron chi connectivity index (χ0n) is 13.5. The highest BCUT2D eigenvalue weighted by atomic mass is 19.1. The van der Waals surface area contributed by atoms with Crippen LogP contribution in [-0.4, -0.2) is 22.7 Å². The van der Waals surface area contributed by atoms with Gasteiger partial charge in [-0.1, -0.05) is 24.2 Å². The molecule has 124 valence electrons. The largest absolute Gasteiger partial charge is 0.387 e. The van der Waals surface area contributed by atoms with Gasteiger partial charge in [-0.2, -0.15) is 0 Å². The molecule has 0 saturated carbocycles. The number of halogens is 1. The molecule has 1 amide bonds. The summed E-state index contributed by atoms with van der Waals surface area (Å²) >= 11 is 0. The van der Waals surface area contributed by atoms with Crippen LogP contribution in [0, 0.1) is 19.7 Å². The molecule has 0 bridgehead atoms. The van der Waals surface area contributed by atoms with Crippen LogP contribution in [0.5, 0.6) is 0 Å². The Hall–Kier alpha value is -2.21. The number of rotatable bonds is 6. The average molecular weight is 320 g/mol. The second-order valence-corrected chi connectivity index (χ2v) is 5.71. The molecular formula is C17H21FN2O3. The van der Waals surface area contributed by atoms with Gasteiger partial charge in [0.2, 0.25) is 5.91 Å². The van der Waals surface area contributed by atoms with E-state index >= 15 is 0 Å². The molecule has 1 aromatic heterocycles. The maximum absolute atomic E-state index is 12.8. The first-order valence-corrected chi connectivity index (χ1v) is 7.51. The van der Waals surface area contributed by atoms with Crippen molar-refractivity contribution in [2.24, 2.45) is 0 Å². The molecule has 2 atom stereocenters. The van der Waals surface area contributed by atoms with Crippen molar-refractivity contribution in [2.45, 2.75) is 39.2 Å². The van der Waals surface area contributed by atoms with Crippen LogP contribution < -0.4 is 5.32 Å². The third-order valence-corrected chi connectivity index (χ3v) is 3.82. The van der Waals surface area contributed by atoms with Gasteiger partial charge in [0.25, 0.3) is 0 Å². The maximum Gasteiger partial charge on any atom is 0.220 e.